The van der Waals surface area contributed by atoms with E-state index >= 15 is 0 Å². The van der Waals surface area contributed by atoms with E-state index in [1.54, 1.807) is 0 Å². The van der Waals surface area contributed by atoms with Gasteiger partial charge in [-0.3, -0.25) is 9.69 Å². The van der Waals surface area contributed by atoms with Gasteiger partial charge in [-0.25, -0.2) is 0 Å². The zero-order valence-electron chi connectivity index (χ0n) is 14.2. The first-order valence-electron chi connectivity index (χ1n) is 8.92. The summed E-state index contributed by atoms with van der Waals surface area (Å²) < 4.78 is 0. The molecule has 1 unspecified atom stereocenters. The van der Waals surface area contributed by atoms with Crippen LogP contribution >= 0.6 is 0 Å². The Bertz CT molecular complexity index is 456. The number of aliphatic hydroxyl groups is 1. The third-order valence-corrected chi connectivity index (χ3v) is 4.69. The number of aliphatic hydroxyl groups excluding tert-OH is 1. The van der Waals surface area contributed by atoms with Crippen LogP contribution in [0.15, 0.2) is 30.3 Å². The topological polar surface area (TPSA) is 52.6 Å². The van der Waals surface area contributed by atoms with Gasteiger partial charge in [0.05, 0.1) is 12.6 Å². The molecule has 128 valence electrons. The number of carbonyl (C=O) groups excluding carboxylic acids is 1. The number of nitrogens with one attached hydrogen (secondary N) is 1. The van der Waals surface area contributed by atoms with Crippen molar-refractivity contribution >= 4 is 5.91 Å². The summed E-state index contributed by atoms with van der Waals surface area (Å²) in [5.41, 5.74) is 1.000. The predicted octanol–water partition coefficient (Wildman–Crippen LogP) is 2.74. The summed E-state index contributed by atoms with van der Waals surface area (Å²) in [7, 11) is 0. The number of piperidine rings is 1. The molecule has 1 aliphatic rings. The highest BCUT2D eigenvalue weighted by Crippen LogP contribution is 2.30. The first-order chi connectivity index (χ1) is 11.2. The van der Waals surface area contributed by atoms with Gasteiger partial charge in [0.15, 0.2) is 0 Å². The lowest BCUT2D eigenvalue weighted by atomic mass is 9.87. The molecule has 23 heavy (non-hydrogen) atoms. The number of amides is 1. The van der Waals surface area contributed by atoms with Crippen molar-refractivity contribution in [3.05, 3.63) is 35.9 Å². The van der Waals surface area contributed by atoms with Crippen molar-refractivity contribution in [1.29, 1.82) is 0 Å². The summed E-state index contributed by atoms with van der Waals surface area (Å²) in [6.07, 6.45) is 4.91. The third-order valence-electron chi connectivity index (χ3n) is 4.69. The highest BCUT2D eigenvalue weighted by Gasteiger charge is 2.26. The molecule has 0 radical (unpaired) electrons. The van der Waals surface area contributed by atoms with Gasteiger partial charge < -0.3 is 10.4 Å². The maximum atomic E-state index is 11.9. The van der Waals surface area contributed by atoms with E-state index in [2.05, 4.69) is 17.1 Å². The molecule has 1 saturated heterocycles. The summed E-state index contributed by atoms with van der Waals surface area (Å²) in [5, 5.41) is 13.5. The van der Waals surface area contributed by atoms with Gasteiger partial charge in [0.1, 0.15) is 0 Å². The lowest BCUT2D eigenvalue weighted by Gasteiger charge is -2.34. The van der Waals surface area contributed by atoms with Crippen LogP contribution in [0.5, 0.6) is 0 Å². The molecule has 0 aliphatic carbocycles. The van der Waals surface area contributed by atoms with Crippen molar-refractivity contribution in [3.63, 3.8) is 0 Å². The van der Waals surface area contributed by atoms with Gasteiger partial charge in [-0.2, -0.15) is 0 Å². The van der Waals surface area contributed by atoms with Crippen molar-refractivity contribution in [3.8, 4) is 0 Å². The second-order valence-corrected chi connectivity index (χ2v) is 6.53. The van der Waals surface area contributed by atoms with Crippen LogP contribution in [0.25, 0.3) is 0 Å². The molecule has 2 N–H and O–H groups in total. The molecule has 4 heteroatoms. The fraction of sp³-hybridized carbons (Fsp3) is 0.632. The Balaban J connectivity index is 1.68. The van der Waals surface area contributed by atoms with Gasteiger partial charge >= 0.3 is 0 Å². The Morgan fingerprint density at radius 3 is 2.61 bits per heavy atom. The number of hydrogen-bond acceptors (Lipinski definition) is 3. The molecule has 0 saturated carbocycles. The molecule has 0 spiro atoms. The summed E-state index contributed by atoms with van der Waals surface area (Å²) in [5.74, 6) is 0.421. The van der Waals surface area contributed by atoms with Crippen molar-refractivity contribution < 1.29 is 9.90 Å². The monoisotopic (exact) mass is 318 g/mol. The van der Waals surface area contributed by atoms with E-state index in [1.165, 1.54) is 12.8 Å². The van der Waals surface area contributed by atoms with Crippen LogP contribution in [0, 0.1) is 5.92 Å². The number of unbranched alkanes of at least 4 members (excludes halogenated alkanes) is 2. The molecule has 1 amide bonds. The Kier molecular flexibility index (Phi) is 7.56. The number of rotatable bonds is 8. The minimum absolute atomic E-state index is 0.128. The van der Waals surface area contributed by atoms with Crippen LogP contribution in [-0.2, 0) is 4.79 Å². The van der Waals surface area contributed by atoms with Crippen LogP contribution in [0.2, 0.25) is 0 Å². The number of carbonyl (C=O) groups is 1. The average Bonchev–Trinajstić information content (AvgIpc) is 2.59. The Morgan fingerprint density at radius 2 is 1.96 bits per heavy atom. The van der Waals surface area contributed by atoms with E-state index in [0.29, 0.717) is 12.5 Å². The van der Waals surface area contributed by atoms with Crippen molar-refractivity contribution in [2.24, 2.45) is 5.92 Å². The zero-order valence-corrected chi connectivity index (χ0v) is 14.2. The molecule has 2 rings (SSSR count). The number of likely N-dealkylation sites (tertiary alicyclic amines) is 1. The summed E-state index contributed by atoms with van der Waals surface area (Å²) >= 11 is 0. The fourth-order valence-corrected chi connectivity index (χ4v) is 3.21. The molecule has 1 atom stereocenters. The zero-order chi connectivity index (χ0) is 16.5. The quantitative estimate of drug-likeness (QED) is 0.725. The fourth-order valence-electron chi connectivity index (χ4n) is 3.21. The number of benzene rings is 1. The largest absolute Gasteiger partial charge is 0.388 e. The summed E-state index contributed by atoms with van der Waals surface area (Å²) in [4.78, 5) is 14.1. The molecular formula is C19H30N2O2. The molecule has 4 nitrogen and oxygen atoms in total. The molecule has 1 heterocycles. The first-order valence-corrected chi connectivity index (χ1v) is 8.92. The lowest BCUT2D eigenvalue weighted by molar-refractivity contribution is -0.122. The number of nitrogens with zero attached hydrogens (tertiary/aromatic N) is 1. The van der Waals surface area contributed by atoms with Gasteiger partial charge in [0.25, 0.3) is 0 Å². The minimum Gasteiger partial charge on any atom is -0.388 e. The van der Waals surface area contributed by atoms with Gasteiger partial charge in [0.2, 0.25) is 5.91 Å². The SMILES string of the molecule is CCCCCNC(=O)CN1CCC(C(O)c2ccccc2)CC1. The van der Waals surface area contributed by atoms with E-state index in [1.807, 2.05) is 30.3 Å². The second kappa shape index (κ2) is 9.68. The van der Waals surface area contributed by atoms with Gasteiger partial charge in [0, 0.05) is 6.54 Å². The van der Waals surface area contributed by atoms with Crippen molar-refractivity contribution in [2.45, 2.75) is 45.1 Å². The van der Waals surface area contributed by atoms with Gasteiger partial charge in [-0.15, -0.1) is 0 Å². The van der Waals surface area contributed by atoms with Crippen LogP contribution < -0.4 is 5.32 Å². The lowest BCUT2D eigenvalue weighted by Crippen LogP contribution is -2.42. The Hall–Kier alpha value is -1.39. The summed E-state index contributed by atoms with van der Waals surface area (Å²) in [6, 6.07) is 9.88. The molecule has 1 aliphatic heterocycles. The Morgan fingerprint density at radius 1 is 1.26 bits per heavy atom. The highest BCUT2D eigenvalue weighted by molar-refractivity contribution is 5.77. The van der Waals surface area contributed by atoms with Crippen LogP contribution in [0.3, 0.4) is 0 Å². The minimum atomic E-state index is -0.388. The smallest absolute Gasteiger partial charge is 0.234 e. The molecule has 0 aromatic heterocycles. The van der Waals surface area contributed by atoms with Gasteiger partial charge in [-0.1, -0.05) is 50.1 Å². The molecule has 1 fully saturated rings. The predicted molar refractivity (Wildman–Crippen MR) is 93.1 cm³/mol. The number of hydrogen-bond donors (Lipinski definition) is 2. The van der Waals surface area contributed by atoms with E-state index in [9.17, 15) is 9.90 Å². The third kappa shape index (κ3) is 5.96. The van der Waals surface area contributed by atoms with Gasteiger partial charge in [-0.05, 0) is 43.8 Å². The van der Waals surface area contributed by atoms with E-state index in [4.69, 9.17) is 0 Å². The van der Waals surface area contributed by atoms with Crippen LogP contribution in [-0.4, -0.2) is 42.1 Å². The highest BCUT2D eigenvalue weighted by atomic mass is 16.3. The second-order valence-electron chi connectivity index (χ2n) is 6.53. The van der Waals surface area contributed by atoms with E-state index in [0.717, 1.165) is 44.5 Å². The van der Waals surface area contributed by atoms with Crippen molar-refractivity contribution in [2.75, 3.05) is 26.2 Å². The Labute approximate surface area is 139 Å². The molecule has 1 aromatic carbocycles. The molecule has 1 aromatic rings. The standard InChI is InChI=1S/C19H30N2O2/c1-2-3-7-12-20-18(22)15-21-13-10-17(11-14-21)19(23)16-8-5-4-6-9-16/h4-6,8-9,17,19,23H,2-3,7,10-15H2,1H3,(H,20,22). The maximum absolute atomic E-state index is 11.9. The molecular weight excluding hydrogens is 288 g/mol. The maximum Gasteiger partial charge on any atom is 0.234 e. The van der Waals surface area contributed by atoms with E-state index < -0.39 is 0 Å². The normalized spacial score (nSPS) is 17.8. The summed E-state index contributed by atoms with van der Waals surface area (Å²) in [6.45, 7) is 5.21. The first kappa shape index (κ1) is 18.0. The molecule has 0 bridgehead atoms. The average molecular weight is 318 g/mol. The van der Waals surface area contributed by atoms with Crippen molar-refractivity contribution in [1.82, 2.24) is 10.2 Å². The van der Waals surface area contributed by atoms with E-state index in [-0.39, 0.29) is 12.0 Å². The van der Waals surface area contributed by atoms with Crippen LogP contribution in [0.4, 0.5) is 0 Å². The van der Waals surface area contributed by atoms with Crippen LogP contribution in [0.1, 0.15) is 50.7 Å².